The van der Waals surface area contributed by atoms with Crippen molar-refractivity contribution in [3.05, 3.63) is 28.3 Å². The maximum atomic E-state index is 12.5. The maximum absolute atomic E-state index is 12.5. The Morgan fingerprint density at radius 2 is 2.04 bits per heavy atom. The molecule has 7 heteroatoms. The first kappa shape index (κ1) is 18.7. The fourth-order valence-corrected chi connectivity index (χ4v) is 3.47. The van der Waals surface area contributed by atoms with Crippen LogP contribution in [-0.2, 0) is 11.3 Å². The number of methoxy groups -OCH3 is 2. The number of aromatic amines is 1. The van der Waals surface area contributed by atoms with E-state index in [4.69, 9.17) is 14.2 Å². The van der Waals surface area contributed by atoms with Gasteiger partial charge in [0.25, 0.3) is 5.56 Å². The second-order valence-corrected chi connectivity index (χ2v) is 6.71. The molecule has 1 aromatic carbocycles. The van der Waals surface area contributed by atoms with Gasteiger partial charge in [-0.15, -0.1) is 0 Å². The smallest absolute Gasteiger partial charge is 0.259 e. The first-order valence-corrected chi connectivity index (χ1v) is 9.24. The molecular weight excluding hydrogens is 334 g/mol. The highest BCUT2D eigenvalue weighted by molar-refractivity contribution is 5.81. The van der Waals surface area contributed by atoms with Gasteiger partial charge < -0.3 is 24.1 Å². The molecule has 1 saturated heterocycles. The molecule has 0 saturated carbocycles. The van der Waals surface area contributed by atoms with E-state index in [1.165, 1.54) is 11.3 Å². The Morgan fingerprint density at radius 1 is 1.27 bits per heavy atom. The highest BCUT2D eigenvalue weighted by atomic mass is 16.5. The number of hydrogen-bond acceptors (Lipinski definition) is 5. The van der Waals surface area contributed by atoms with Crippen molar-refractivity contribution in [2.24, 2.45) is 0 Å². The Kier molecular flexibility index (Phi) is 6.11. The number of hydrogen-bond donors (Lipinski definition) is 2. The summed E-state index contributed by atoms with van der Waals surface area (Å²) in [7, 11) is 3.13. The lowest BCUT2D eigenvalue weighted by molar-refractivity contribution is -0.916. The second-order valence-electron chi connectivity index (χ2n) is 6.71. The lowest BCUT2D eigenvalue weighted by atomic mass is 10.1. The minimum absolute atomic E-state index is 0.157. The van der Waals surface area contributed by atoms with E-state index in [1.54, 1.807) is 26.4 Å². The van der Waals surface area contributed by atoms with Gasteiger partial charge in [-0.05, 0) is 32.3 Å². The van der Waals surface area contributed by atoms with Crippen molar-refractivity contribution < 1.29 is 19.1 Å². The molecule has 7 nitrogen and oxygen atoms in total. The van der Waals surface area contributed by atoms with Crippen LogP contribution in [0.5, 0.6) is 11.5 Å². The van der Waals surface area contributed by atoms with Crippen LogP contribution in [-0.4, -0.2) is 50.0 Å². The molecule has 0 bridgehead atoms. The van der Waals surface area contributed by atoms with Crippen molar-refractivity contribution in [1.29, 1.82) is 0 Å². The van der Waals surface area contributed by atoms with E-state index in [0.29, 0.717) is 40.9 Å². The number of nitrogens with zero attached hydrogens (tertiary/aromatic N) is 1. The number of fused-ring (bicyclic) bond motifs is 1. The highest BCUT2D eigenvalue weighted by Crippen LogP contribution is 2.29. The zero-order valence-electron chi connectivity index (χ0n) is 15.8. The number of aromatic nitrogens is 2. The zero-order valence-corrected chi connectivity index (χ0v) is 15.8. The Labute approximate surface area is 153 Å². The van der Waals surface area contributed by atoms with Gasteiger partial charge in [-0.2, -0.15) is 0 Å². The van der Waals surface area contributed by atoms with Gasteiger partial charge in [-0.25, -0.2) is 4.98 Å². The predicted molar refractivity (Wildman–Crippen MR) is 99.1 cm³/mol. The molecule has 0 amide bonds. The van der Waals surface area contributed by atoms with E-state index in [9.17, 15) is 4.79 Å². The van der Waals surface area contributed by atoms with E-state index in [1.807, 2.05) is 0 Å². The topological polar surface area (TPSA) is 77.9 Å². The van der Waals surface area contributed by atoms with Crippen molar-refractivity contribution in [3.8, 4) is 11.5 Å². The summed E-state index contributed by atoms with van der Waals surface area (Å²) in [6.45, 7) is 5.55. The number of likely N-dealkylation sites (N-methyl/N-ethyl adjacent to an activating group) is 1. The third-order valence-corrected chi connectivity index (χ3v) is 4.97. The summed E-state index contributed by atoms with van der Waals surface area (Å²) in [6, 6.07) is 3.42. The maximum Gasteiger partial charge on any atom is 0.259 e. The standard InChI is InChI=1S/C19H27N3O4/c1-4-22(11-13-7-5-6-8-26-13)12-18-20-15-10-17(25-3)16(24-2)9-14(15)19(23)21-18/h9-10,13H,4-8,11-12H2,1-3H3,(H,20,21,23)/p+1/t13-/m1/s1. The summed E-state index contributed by atoms with van der Waals surface area (Å²) >= 11 is 0. The molecule has 1 aliphatic rings. The molecule has 1 aromatic heterocycles. The van der Waals surface area contributed by atoms with Crippen molar-refractivity contribution >= 4 is 10.9 Å². The summed E-state index contributed by atoms with van der Waals surface area (Å²) in [5, 5.41) is 0.500. The summed E-state index contributed by atoms with van der Waals surface area (Å²) < 4.78 is 16.5. The van der Waals surface area contributed by atoms with Crippen LogP contribution in [0.3, 0.4) is 0 Å². The average molecular weight is 362 g/mol. The molecule has 2 aromatic rings. The first-order valence-electron chi connectivity index (χ1n) is 9.24. The molecular formula is C19H28N3O4+. The van der Waals surface area contributed by atoms with Crippen molar-refractivity contribution in [2.75, 3.05) is 33.9 Å². The van der Waals surface area contributed by atoms with E-state index in [0.717, 1.165) is 32.5 Å². The minimum atomic E-state index is -0.157. The molecule has 26 heavy (non-hydrogen) atoms. The number of rotatable bonds is 7. The first-order chi connectivity index (χ1) is 12.6. The van der Waals surface area contributed by atoms with Gasteiger partial charge in [0, 0.05) is 12.7 Å². The van der Waals surface area contributed by atoms with E-state index in [-0.39, 0.29) is 5.56 Å². The van der Waals surface area contributed by atoms with Gasteiger partial charge in [0.1, 0.15) is 19.2 Å². The van der Waals surface area contributed by atoms with E-state index in [2.05, 4.69) is 16.9 Å². The van der Waals surface area contributed by atoms with E-state index < -0.39 is 0 Å². The van der Waals surface area contributed by atoms with Gasteiger partial charge in [0.2, 0.25) is 0 Å². The van der Waals surface area contributed by atoms with Crippen molar-refractivity contribution in [1.82, 2.24) is 9.97 Å². The molecule has 2 atom stereocenters. The third kappa shape index (κ3) is 4.16. The Bertz CT molecular complexity index is 799. The van der Waals surface area contributed by atoms with Crippen LogP contribution >= 0.6 is 0 Å². The molecule has 2 N–H and O–H groups in total. The second kappa shape index (κ2) is 8.51. The summed E-state index contributed by atoms with van der Waals surface area (Å²) in [5.74, 6) is 1.78. The lowest BCUT2D eigenvalue weighted by Crippen LogP contribution is -3.11. The van der Waals surface area contributed by atoms with Crippen LogP contribution in [0.4, 0.5) is 0 Å². The van der Waals surface area contributed by atoms with Gasteiger partial charge in [0.05, 0.1) is 31.7 Å². The van der Waals surface area contributed by atoms with Crippen LogP contribution in [0, 0.1) is 0 Å². The molecule has 0 radical (unpaired) electrons. The Morgan fingerprint density at radius 3 is 2.69 bits per heavy atom. The van der Waals surface area contributed by atoms with Crippen LogP contribution in [0.2, 0.25) is 0 Å². The number of nitrogens with one attached hydrogen (secondary N) is 2. The Hall–Kier alpha value is -2.12. The molecule has 1 aliphatic heterocycles. The molecule has 3 rings (SSSR count). The fourth-order valence-electron chi connectivity index (χ4n) is 3.47. The number of quaternary nitrogens is 1. The van der Waals surface area contributed by atoms with Gasteiger partial charge >= 0.3 is 0 Å². The average Bonchev–Trinajstić information content (AvgIpc) is 2.67. The summed E-state index contributed by atoms with van der Waals surface area (Å²) in [5.41, 5.74) is 0.459. The highest BCUT2D eigenvalue weighted by Gasteiger charge is 2.21. The van der Waals surface area contributed by atoms with Gasteiger partial charge in [-0.1, -0.05) is 0 Å². The molecule has 1 fully saturated rings. The van der Waals surface area contributed by atoms with Crippen molar-refractivity contribution in [3.63, 3.8) is 0 Å². The third-order valence-electron chi connectivity index (χ3n) is 4.97. The summed E-state index contributed by atoms with van der Waals surface area (Å²) in [6.07, 6.45) is 3.80. The monoisotopic (exact) mass is 362 g/mol. The van der Waals surface area contributed by atoms with Crippen LogP contribution < -0.4 is 19.9 Å². The molecule has 142 valence electrons. The Balaban J connectivity index is 1.83. The summed E-state index contributed by atoms with van der Waals surface area (Å²) in [4.78, 5) is 21.4. The molecule has 0 aliphatic carbocycles. The minimum Gasteiger partial charge on any atom is -0.493 e. The SMILES string of the molecule is CC[NH+](Cc1nc2cc(OC)c(OC)cc2c(=O)[nH]1)C[C@H]1CCCCO1. The predicted octanol–water partition coefficient (Wildman–Crippen LogP) is 0.914. The van der Waals surface area contributed by atoms with Crippen LogP contribution in [0.15, 0.2) is 16.9 Å². The quantitative estimate of drug-likeness (QED) is 0.766. The number of benzene rings is 1. The van der Waals surface area contributed by atoms with Crippen LogP contribution in [0.1, 0.15) is 32.0 Å². The zero-order chi connectivity index (χ0) is 18.5. The molecule has 2 heterocycles. The van der Waals surface area contributed by atoms with Crippen molar-refractivity contribution in [2.45, 2.75) is 38.8 Å². The lowest BCUT2D eigenvalue weighted by Gasteiger charge is -2.26. The number of H-pyrrole nitrogens is 1. The van der Waals surface area contributed by atoms with Crippen LogP contribution in [0.25, 0.3) is 10.9 Å². The van der Waals surface area contributed by atoms with E-state index >= 15 is 0 Å². The van der Waals surface area contributed by atoms with Gasteiger partial charge in [-0.3, -0.25) is 4.79 Å². The largest absolute Gasteiger partial charge is 0.493 e. The fraction of sp³-hybridized carbons (Fsp3) is 0.579. The molecule has 1 unspecified atom stereocenters. The number of ether oxygens (including phenoxy) is 3. The molecule has 0 spiro atoms. The normalized spacial score (nSPS) is 18.7. The van der Waals surface area contributed by atoms with Gasteiger partial charge in [0.15, 0.2) is 17.3 Å².